The van der Waals surface area contributed by atoms with E-state index in [0.717, 1.165) is 0 Å². The summed E-state index contributed by atoms with van der Waals surface area (Å²) in [5, 5.41) is 44.3. The number of ketones is 3. The number of likely N-dealkylation sites (N-methyl/N-ethyl adjacent to an activating group) is 1. The third-order valence-corrected chi connectivity index (χ3v) is 7.79. The van der Waals surface area contributed by atoms with Crippen LogP contribution < -0.4 is 5.73 Å². The van der Waals surface area contributed by atoms with E-state index < -0.39 is 63.8 Å². The summed E-state index contributed by atoms with van der Waals surface area (Å²) in [4.78, 5) is 57.6. The zero-order valence-electron chi connectivity index (χ0n) is 20.6. The number of aromatic nitrogens is 2. The van der Waals surface area contributed by atoms with Crippen LogP contribution in [0.15, 0.2) is 53.5 Å². The van der Waals surface area contributed by atoms with E-state index in [1.807, 2.05) is 0 Å². The number of aromatic hydroxyl groups is 1. The van der Waals surface area contributed by atoms with E-state index in [9.17, 15) is 39.6 Å². The first-order valence-electron chi connectivity index (χ1n) is 11.9. The molecule has 0 saturated heterocycles. The summed E-state index contributed by atoms with van der Waals surface area (Å²) < 4.78 is 1.56. The second-order valence-corrected chi connectivity index (χ2v) is 10.1. The van der Waals surface area contributed by atoms with Gasteiger partial charge in [-0.25, -0.2) is 4.98 Å². The minimum absolute atomic E-state index is 0.0357. The number of hydrogen-bond donors (Lipinski definition) is 5. The van der Waals surface area contributed by atoms with Crippen LogP contribution in [0.5, 0.6) is 5.75 Å². The largest absolute Gasteiger partial charge is 0.510 e. The number of Topliss-reactive ketones (excluding diaryl/α,β-unsaturated/α-hetero) is 3. The quantitative estimate of drug-likeness (QED) is 0.267. The Morgan fingerprint density at radius 1 is 1.21 bits per heavy atom. The lowest BCUT2D eigenvalue weighted by molar-refractivity contribution is -0.148. The van der Waals surface area contributed by atoms with Crippen LogP contribution in [0.4, 0.5) is 0 Å². The summed E-state index contributed by atoms with van der Waals surface area (Å²) in [6.07, 6.45) is 4.58. The number of carbonyl (C=O) groups excluding carboxylic acids is 4. The highest BCUT2D eigenvalue weighted by Crippen LogP contribution is 2.52. The van der Waals surface area contributed by atoms with Crippen LogP contribution in [0.1, 0.15) is 32.7 Å². The van der Waals surface area contributed by atoms with Crippen molar-refractivity contribution in [3.8, 4) is 5.75 Å². The fraction of sp³-hybridized carbons (Fsp3) is 0.346. The molecule has 5 rings (SSSR count). The van der Waals surface area contributed by atoms with Crippen molar-refractivity contribution in [1.29, 1.82) is 0 Å². The van der Waals surface area contributed by atoms with Crippen LogP contribution in [0, 0.1) is 11.8 Å². The highest BCUT2D eigenvalue weighted by molar-refractivity contribution is 6.25. The van der Waals surface area contributed by atoms with Crippen LogP contribution in [0.3, 0.4) is 0 Å². The Morgan fingerprint density at radius 2 is 1.92 bits per heavy atom. The summed E-state index contributed by atoms with van der Waals surface area (Å²) in [6, 6.07) is 1.54. The zero-order valence-corrected chi connectivity index (χ0v) is 20.6. The summed E-state index contributed by atoms with van der Waals surface area (Å²) in [7, 11) is 3.11. The lowest BCUT2D eigenvalue weighted by Crippen LogP contribution is -2.63. The topological polar surface area (TPSA) is 196 Å². The molecule has 198 valence electrons. The predicted molar refractivity (Wildman–Crippen MR) is 130 cm³/mol. The highest BCUT2D eigenvalue weighted by atomic mass is 16.3. The van der Waals surface area contributed by atoms with Crippen molar-refractivity contribution in [3.63, 3.8) is 0 Å². The number of carbonyl (C=O) groups is 4. The molecular formula is C26H26N4O8. The fourth-order valence-electron chi connectivity index (χ4n) is 6.14. The van der Waals surface area contributed by atoms with E-state index >= 15 is 0 Å². The average molecular weight is 523 g/mol. The van der Waals surface area contributed by atoms with Gasteiger partial charge in [0.15, 0.2) is 17.2 Å². The first-order valence-corrected chi connectivity index (χ1v) is 11.9. The molecule has 0 bridgehead atoms. The molecule has 0 aliphatic heterocycles. The van der Waals surface area contributed by atoms with Crippen molar-refractivity contribution in [1.82, 2.24) is 14.5 Å². The van der Waals surface area contributed by atoms with Gasteiger partial charge in [0, 0.05) is 29.4 Å². The minimum Gasteiger partial charge on any atom is -0.510 e. The number of allylic oxidation sites excluding steroid dienone is 1. The third-order valence-electron chi connectivity index (χ3n) is 7.79. The van der Waals surface area contributed by atoms with Crippen LogP contribution in [0.25, 0.3) is 0 Å². The summed E-state index contributed by atoms with van der Waals surface area (Å²) in [6.45, 7) is -0.0574. The van der Waals surface area contributed by atoms with E-state index in [1.54, 1.807) is 24.9 Å². The maximum Gasteiger partial charge on any atom is 0.255 e. The monoisotopic (exact) mass is 522 g/mol. The molecule has 3 aliphatic rings. The number of benzene rings is 1. The number of imidazole rings is 1. The maximum absolute atomic E-state index is 13.7. The SMILES string of the molecule is CN(C)[C@@H]1C(O)=C(C(N)=O)C(=O)[C@@]2(O)C(O)=C3C(=O)c4c(O)ccc(C(=O)Cn5ccnc5)c4C[C@H]3C[C@@H]12. The number of phenols is 1. The zero-order chi connectivity index (χ0) is 27.7. The predicted octanol–water partition coefficient (Wildman–Crippen LogP) is 0.200. The molecule has 0 unspecified atom stereocenters. The van der Waals surface area contributed by atoms with E-state index in [-0.39, 0.29) is 47.4 Å². The maximum atomic E-state index is 13.7. The van der Waals surface area contributed by atoms with E-state index in [0.29, 0.717) is 0 Å². The van der Waals surface area contributed by atoms with Gasteiger partial charge in [0.25, 0.3) is 5.91 Å². The Morgan fingerprint density at radius 3 is 2.53 bits per heavy atom. The number of nitrogens with two attached hydrogens (primary N) is 1. The van der Waals surface area contributed by atoms with Gasteiger partial charge in [-0.1, -0.05) is 0 Å². The van der Waals surface area contributed by atoms with Gasteiger partial charge in [0.2, 0.25) is 5.78 Å². The van der Waals surface area contributed by atoms with E-state index in [2.05, 4.69) is 4.98 Å². The molecule has 4 atom stereocenters. The molecular weight excluding hydrogens is 496 g/mol. The Labute approximate surface area is 216 Å². The lowest BCUT2D eigenvalue weighted by Gasteiger charge is -2.50. The molecule has 1 heterocycles. The number of amides is 1. The van der Waals surface area contributed by atoms with Crippen molar-refractivity contribution in [2.75, 3.05) is 14.1 Å². The molecule has 3 aliphatic carbocycles. The molecule has 1 aromatic carbocycles. The number of fused-ring (bicyclic) bond motifs is 3. The smallest absolute Gasteiger partial charge is 0.255 e. The molecule has 1 amide bonds. The Kier molecular flexibility index (Phi) is 5.76. The number of primary amides is 1. The van der Waals surface area contributed by atoms with Gasteiger partial charge in [-0.3, -0.25) is 24.1 Å². The number of aliphatic hydroxyl groups excluding tert-OH is 2. The van der Waals surface area contributed by atoms with Gasteiger partial charge in [0.05, 0.1) is 24.5 Å². The minimum atomic E-state index is -2.71. The molecule has 0 spiro atoms. The third kappa shape index (κ3) is 3.41. The Bertz CT molecular complexity index is 1470. The standard InChI is InChI=1S/C26H26N4O8/c1-29(2)20-14-8-11-7-13-12(16(32)9-30-6-5-28-10-30)3-4-15(31)18(13)21(33)17(11)23(35)26(14,38)24(36)19(22(20)34)25(27)37/h3-6,10-11,14,20,31,34-35,38H,7-9H2,1-2H3,(H2,27,37)/t11-,14-,20-,26-/m0/s1. The molecule has 38 heavy (non-hydrogen) atoms. The van der Waals surface area contributed by atoms with Crippen molar-refractivity contribution in [2.45, 2.75) is 31.0 Å². The van der Waals surface area contributed by atoms with Crippen molar-refractivity contribution >= 4 is 23.3 Å². The second kappa shape index (κ2) is 8.64. The van der Waals surface area contributed by atoms with Gasteiger partial charge in [0.1, 0.15) is 22.8 Å². The molecule has 0 fully saturated rings. The van der Waals surface area contributed by atoms with Gasteiger partial charge in [-0.05, 0) is 50.6 Å². The van der Waals surface area contributed by atoms with E-state index in [1.165, 1.54) is 29.6 Å². The number of hydrogen-bond acceptors (Lipinski definition) is 10. The van der Waals surface area contributed by atoms with Crippen LogP contribution in [0.2, 0.25) is 0 Å². The van der Waals surface area contributed by atoms with Gasteiger partial charge in [-0.2, -0.15) is 0 Å². The van der Waals surface area contributed by atoms with Gasteiger partial charge >= 0.3 is 0 Å². The molecule has 2 aromatic rings. The molecule has 12 nitrogen and oxygen atoms in total. The first kappa shape index (κ1) is 25.4. The summed E-state index contributed by atoms with van der Waals surface area (Å²) in [5.41, 5.74) is 1.76. The van der Waals surface area contributed by atoms with E-state index in [4.69, 9.17) is 5.73 Å². The van der Waals surface area contributed by atoms with Crippen molar-refractivity contribution in [3.05, 3.63) is 70.2 Å². The molecule has 12 heteroatoms. The van der Waals surface area contributed by atoms with Crippen molar-refractivity contribution in [2.24, 2.45) is 17.6 Å². The average Bonchev–Trinajstić information content (AvgIpc) is 3.34. The Balaban J connectivity index is 1.66. The first-order chi connectivity index (χ1) is 17.9. The fourth-order valence-corrected chi connectivity index (χ4v) is 6.14. The van der Waals surface area contributed by atoms with Crippen LogP contribution in [-0.2, 0) is 22.6 Å². The molecule has 0 radical (unpaired) electrons. The van der Waals surface area contributed by atoms with Gasteiger partial charge in [-0.15, -0.1) is 0 Å². The summed E-state index contributed by atoms with van der Waals surface area (Å²) >= 11 is 0. The number of nitrogens with zero attached hydrogens (tertiary/aromatic N) is 3. The molecule has 1 aromatic heterocycles. The second-order valence-electron chi connectivity index (χ2n) is 10.1. The number of phenolic OH excluding ortho intramolecular Hbond substituents is 1. The molecule has 0 saturated carbocycles. The summed E-state index contributed by atoms with van der Waals surface area (Å²) in [5.74, 6) is -7.69. The number of aliphatic hydroxyl groups is 3. The normalized spacial score (nSPS) is 26.8. The van der Waals surface area contributed by atoms with Crippen molar-refractivity contribution < 1.29 is 39.6 Å². The highest BCUT2D eigenvalue weighted by Gasteiger charge is 2.63. The lowest BCUT2D eigenvalue weighted by atomic mass is 9.58. The van der Waals surface area contributed by atoms with Crippen LogP contribution >= 0.6 is 0 Å². The molecule has 6 N–H and O–H groups in total. The van der Waals surface area contributed by atoms with Crippen LogP contribution in [-0.4, -0.2) is 83.9 Å². The van der Waals surface area contributed by atoms with Gasteiger partial charge < -0.3 is 30.7 Å². The Hall–Kier alpha value is -4.29. The number of rotatable bonds is 5.